The quantitative estimate of drug-likeness (QED) is 0.879. The Balaban J connectivity index is 2.12. The first-order chi connectivity index (χ1) is 9.10. The van der Waals surface area contributed by atoms with E-state index >= 15 is 0 Å². The van der Waals surface area contributed by atoms with Crippen LogP contribution in [0.3, 0.4) is 0 Å². The van der Waals surface area contributed by atoms with Gasteiger partial charge in [-0.15, -0.1) is 0 Å². The molecule has 1 aliphatic heterocycles. The zero-order valence-electron chi connectivity index (χ0n) is 12.7. The second kappa shape index (κ2) is 5.04. The molecule has 0 radical (unpaired) electrons. The van der Waals surface area contributed by atoms with Gasteiger partial charge in [-0.2, -0.15) is 5.10 Å². The molecule has 1 aromatic heterocycles. The summed E-state index contributed by atoms with van der Waals surface area (Å²) in [6, 6.07) is 0.125. The van der Waals surface area contributed by atoms with E-state index in [1.807, 2.05) is 0 Å². The van der Waals surface area contributed by atoms with Gasteiger partial charge >= 0.3 is 0 Å². The Morgan fingerprint density at radius 2 is 1.95 bits per heavy atom. The summed E-state index contributed by atoms with van der Waals surface area (Å²) in [5, 5.41) is 11.1. The number of carbonyl (C=O) groups is 1. The fourth-order valence-electron chi connectivity index (χ4n) is 3.34. The van der Waals surface area contributed by atoms with Crippen LogP contribution in [0.15, 0.2) is 6.20 Å². The smallest absolute Gasteiger partial charge is 0.271 e. The van der Waals surface area contributed by atoms with E-state index in [2.05, 4.69) is 43.4 Å². The minimum absolute atomic E-state index is 0.00402. The second-order valence-corrected chi connectivity index (χ2v) is 7.34. The highest BCUT2D eigenvalue weighted by molar-refractivity contribution is 6.33. The Labute approximate surface area is 125 Å². The van der Waals surface area contributed by atoms with Gasteiger partial charge in [0, 0.05) is 24.2 Å². The first-order valence-electron chi connectivity index (χ1n) is 6.87. The minimum Gasteiger partial charge on any atom is -0.348 e. The van der Waals surface area contributed by atoms with Crippen molar-refractivity contribution in [3.8, 4) is 0 Å². The number of carbonyl (C=O) groups excluding carboxylic acids is 1. The predicted molar refractivity (Wildman–Crippen MR) is 80.0 cm³/mol. The lowest BCUT2D eigenvalue weighted by Gasteiger charge is -2.46. The number of amides is 1. The molecular weight excluding hydrogens is 276 g/mol. The summed E-state index contributed by atoms with van der Waals surface area (Å²) in [7, 11) is 1.72. The van der Waals surface area contributed by atoms with Crippen molar-refractivity contribution < 1.29 is 4.79 Å². The maximum Gasteiger partial charge on any atom is 0.271 e. The lowest BCUT2D eigenvalue weighted by Crippen LogP contribution is -2.62. The largest absolute Gasteiger partial charge is 0.348 e. The molecule has 0 atom stereocenters. The number of aromatic nitrogens is 2. The van der Waals surface area contributed by atoms with Gasteiger partial charge in [-0.3, -0.25) is 9.48 Å². The number of nitrogens with one attached hydrogen (secondary N) is 2. The number of rotatable bonds is 2. The molecular formula is C14H23ClN4O. The van der Waals surface area contributed by atoms with Crippen LogP contribution < -0.4 is 10.6 Å². The van der Waals surface area contributed by atoms with E-state index in [1.165, 1.54) is 10.9 Å². The molecule has 1 saturated heterocycles. The molecule has 2 rings (SSSR count). The molecule has 0 bridgehead atoms. The van der Waals surface area contributed by atoms with Crippen LogP contribution in [0.2, 0.25) is 5.02 Å². The lowest BCUT2D eigenvalue weighted by molar-refractivity contribution is 0.0864. The Morgan fingerprint density at radius 1 is 1.40 bits per heavy atom. The van der Waals surface area contributed by atoms with Gasteiger partial charge in [0.15, 0.2) is 0 Å². The summed E-state index contributed by atoms with van der Waals surface area (Å²) < 4.78 is 1.51. The number of hydrogen-bond acceptors (Lipinski definition) is 3. The van der Waals surface area contributed by atoms with Gasteiger partial charge < -0.3 is 10.6 Å². The van der Waals surface area contributed by atoms with Crippen LogP contribution in [-0.4, -0.2) is 32.8 Å². The molecule has 6 heteroatoms. The molecule has 0 spiro atoms. The van der Waals surface area contributed by atoms with Crippen LogP contribution >= 0.6 is 11.6 Å². The molecule has 2 heterocycles. The van der Waals surface area contributed by atoms with Crippen molar-refractivity contribution in [2.75, 3.05) is 0 Å². The van der Waals surface area contributed by atoms with E-state index in [9.17, 15) is 4.79 Å². The van der Waals surface area contributed by atoms with Gasteiger partial charge in [-0.25, -0.2) is 0 Å². The zero-order valence-corrected chi connectivity index (χ0v) is 13.5. The van der Waals surface area contributed by atoms with Crippen molar-refractivity contribution in [1.82, 2.24) is 20.4 Å². The van der Waals surface area contributed by atoms with E-state index < -0.39 is 0 Å². The predicted octanol–water partition coefficient (Wildman–Crippen LogP) is 2.11. The van der Waals surface area contributed by atoms with Gasteiger partial charge in [0.05, 0.1) is 11.2 Å². The number of piperidine rings is 1. The van der Waals surface area contributed by atoms with Gasteiger partial charge in [-0.05, 0) is 40.5 Å². The second-order valence-electron chi connectivity index (χ2n) is 6.94. The monoisotopic (exact) mass is 298 g/mol. The van der Waals surface area contributed by atoms with Gasteiger partial charge in [-0.1, -0.05) is 11.6 Å². The maximum absolute atomic E-state index is 12.4. The van der Waals surface area contributed by atoms with Crippen LogP contribution in [-0.2, 0) is 7.05 Å². The van der Waals surface area contributed by atoms with Crippen molar-refractivity contribution in [2.45, 2.75) is 57.7 Å². The molecule has 0 saturated carbocycles. The average Bonchev–Trinajstić information content (AvgIpc) is 2.53. The molecule has 20 heavy (non-hydrogen) atoms. The number of nitrogens with zero attached hydrogens (tertiary/aromatic N) is 2. The van der Waals surface area contributed by atoms with Crippen molar-refractivity contribution in [3.05, 3.63) is 16.9 Å². The summed E-state index contributed by atoms with van der Waals surface area (Å²) in [5.74, 6) is -0.159. The molecule has 2 N–H and O–H groups in total. The fraction of sp³-hybridized carbons (Fsp3) is 0.714. The molecule has 5 nitrogen and oxygen atoms in total. The molecule has 0 aliphatic carbocycles. The molecule has 1 fully saturated rings. The van der Waals surface area contributed by atoms with Crippen LogP contribution in [0.4, 0.5) is 0 Å². The summed E-state index contributed by atoms with van der Waals surface area (Å²) >= 11 is 6.01. The van der Waals surface area contributed by atoms with Crippen LogP contribution in [0.25, 0.3) is 0 Å². The fourth-order valence-corrected chi connectivity index (χ4v) is 3.60. The van der Waals surface area contributed by atoms with Crippen molar-refractivity contribution in [3.63, 3.8) is 0 Å². The van der Waals surface area contributed by atoms with Gasteiger partial charge in [0.2, 0.25) is 0 Å². The minimum atomic E-state index is -0.159. The molecule has 1 amide bonds. The van der Waals surface area contributed by atoms with E-state index in [0.717, 1.165) is 12.8 Å². The third-order valence-corrected chi connectivity index (χ3v) is 3.91. The lowest BCUT2D eigenvalue weighted by atomic mass is 9.79. The van der Waals surface area contributed by atoms with Crippen molar-refractivity contribution in [2.24, 2.45) is 7.05 Å². The number of hydrogen-bond donors (Lipinski definition) is 2. The standard InChI is InChI=1S/C14H23ClN4O/c1-13(2)6-9(7-14(3,4)18-13)17-12(20)11-10(15)8-16-19(11)5/h8-9,18H,6-7H2,1-5H3,(H,17,20). The normalized spacial score (nSPS) is 21.7. The van der Waals surface area contributed by atoms with E-state index in [1.54, 1.807) is 7.05 Å². The van der Waals surface area contributed by atoms with E-state index in [-0.39, 0.29) is 23.0 Å². The zero-order chi connectivity index (χ0) is 15.1. The Morgan fingerprint density at radius 3 is 2.40 bits per heavy atom. The summed E-state index contributed by atoms with van der Waals surface area (Å²) in [4.78, 5) is 12.4. The highest BCUT2D eigenvalue weighted by atomic mass is 35.5. The number of halogens is 1. The summed E-state index contributed by atoms with van der Waals surface area (Å²) in [6.07, 6.45) is 3.27. The van der Waals surface area contributed by atoms with Crippen molar-refractivity contribution >= 4 is 17.5 Å². The first kappa shape index (κ1) is 15.3. The summed E-state index contributed by atoms with van der Waals surface area (Å²) in [6.45, 7) is 8.63. The molecule has 112 valence electrons. The van der Waals surface area contributed by atoms with Crippen molar-refractivity contribution in [1.29, 1.82) is 0 Å². The van der Waals surface area contributed by atoms with Crippen LogP contribution in [0.5, 0.6) is 0 Å². The Hall–Kier alpha value is -1.07. The Kier molecular flexibility index (Phi) is 3.86. The van der Waals surface area contributed by atoms with Gasteiger partial charge in [0.25, 0.3) is 5.91 Å². The third-order valence-electron chi connectivity index (χ3n) is 3.63. The third kappa shape index (κ3) is 3.33. The molecule has 1 aliphatic rings. The maximum atomic E-state index is 12.4. The van der Waals surface area contributed by atoms with E-state index in [0.29, 0.717) is 10.7 Å². The average molecular weight is 299 g/mol. The summed E-state index contributed by atoms with van der Waals surface area (Å²) in [5.41, 5.74) is 0.409. The molecule has 0 unspecified atom stereocenters. The SMILES string of the molecule is Cn1ncc(Cl)c1C(=O)NC1CC(C)(C)NC(C)(C)C1. The molecule has 1 aromatic rings. The first-order valence-corrected chi connectivity index (χ1v) is 7.25. The highest BCUT2D eigenvalue weighted by Crippen LogP contribution is 2.28. The molecule has 0 aromatic carbocycles. The van der Waals surface area contributed by atoms with Crippen LogP contribution in [0.1, 0.15) is 51.0 Å². The van der Waals surface area contributed by atoms with Crippen LogP contribution in [0, 0.1) is 0 Å². The highest BCUT2D eigenvalue weighted by Gasteiger charge is 2.38. The van der Waals surface area contributed by atoms with E-state index in [4.69, 9.17) is 11.6 Å². The van der Waals surface area contributed by atoms with Gasteiger partial charge in [0.1, 0.15) is 5.69 Å². The Bertz CT molecular complexity index is 486. The topological polar surface area (TPSA) is 59.0 Å². The number of aryl methyl sites for hydroxylation is 1.